The van der Waals surface area contributed by atoms with E-state index < -0.39 is 17.2 Å². The first-order chi connectivity index (χ1) is 18.7. The molecule has 9 heteroatoms. The molecule has 0 radical (unpaired) electrons. The maximum absolute atomic E-state index is 16.5. The number of hydrogen-bond donors (Lipinski definition) is 3. The van der Waals surface area contributed by atoms with Crippen molar-refractivity contribution >= 4 is 27.5 Å². The molecule has 0 amide bonds. The number of hydrogen-bond acceptors (Lipinski definition) is 7. The molecule has 7 nitrogen and oxygen atoms in total. The number of ether oxygens (including phenoxy) is 1. The fourth-order valence-corrected chi connectivity index (χ4v) is 6.50. The molecule has 3 aromatic carbocycles. The third kappa shape index (κ3) is 4.15. The molecule has 202 valence electrons. The number of fused-ring (bicyclic) bond motifs is 4. The molecule has 2 aliphatic heterocycles. The molecule has 4 N–H and O–H groups in total. The van der Waals surface area contributed by atoms with Crippen LogP contribution in [-0.4, -0.2) is 51.9 Å². The van der Waals surface area contributed by atoms with Crippen molar-refractivity contribution in [3.05, 3.63) is 54.1 Å². The summed E-state index contributed by atoms with van der Waals surface area (Å²) in [5, 5.41) is 15.6. The average Bonchev–Trinajstić information content (AvgIpc) is 3.17. The van der Waals surface area contributed by atoms with Gasteiger partial charge in [-0.3, -0.25) is 0 Å². The number of nitrogens with two attached hydrogens (primary N) is 1. The van der Waals surface area contributed by atoms with Gasteiger partial charge in [-0.1, -0.05) is 24.3 Å². The quantitative estimate of drug-likeness (QED) is 0.333. The zero-order valence-electron chi connectivity index (χ0n) is 21.8. The van der Waals surface area contributed by atoms with E-state index in [4.69, 9.17) is 15.5 Å². The number of phenols is 1. The van der Waals surface area contributed by atoms with Crippen molar-refractivity contribution in [2.45, 2.75) is 56.1 Å². The molecule has 1 aromatic heterocycles. The first-order valence-electron chi connectivity index (χ1n) is 13.6. The first kappa shape index (κ1) is 24.5. The van der Waals surface area contributed by atoms with Gasteiger partial charge < -0.3 is 25.8 Å². The highest BCUT2D eigenvalue weighted by Crippen LogP contribution is 2.41. The van der Waals surface area contributed by atoms with Crippen LogP contribution in [0.25, 0.3) is 32.8 Å². The van der Waals surface area contributed by atoms with Gasteiger partial charge in [-0.05, 0) is 73.6 Å². The predicted octanol–water partition coefficient (Wildman–Crippen LogP) is 5.02. The summed E-state index contributed by atoms with van der Waals surface area (Å²) >= 11 is 0. The molecule has 2 saturated heterocycles. The molecule has 3 heterocycles. The Morgan fingerprint density at radius 3 is 2.72 bits per heavy atom. The fourth-order valence-electron chi connectivity index (χ4n) is 6.50. The average molecular weight is 532 g/mol. The minimum atomic E-state index is -0.815. The summed E-state index contributed by atoms with van der Waals surface area (Å²) in [6.45, 7) is 3.72. The van der Waals surface area contributed by atoms with Crippen molar-refractivity contribution in [2.24, 2.45) is 5.73 Å². The standard InChI is InChI=1S/C30H31F2N5O2/c1-29-10-7-18(36-29)14-37(15-29)27-22-13-23(31)24(21-12-19(38)11-17-5-2-3-6-20(17)21)25(32)26(22)34-28(35-27)39-16-30(33)8-4-9-30/h2-3,5-6,11-13,18,36,38H,4,7-10,14-16,33H2,1H3/t18-,29-/m1/s1. The van der Waals surface area contributed by atoms with Gasteiger partial charge in [-0.15, -0.1) is 0 Å². The van der Waals surface area contributed by atoms with Crippen molar-refractivity contribution in [1.82, 2.24) is 15.3 Å². The van der Waals surface area contributed by atoms with Gasteiger partial charge in [0.15, 0.2) is 5.82 Å². The molecule has 0 unspecified atom stereocenters. The van der Waals surface area contributed by atoms with Gasteiger partial charge >= 0.3 is 6.01 Å². The topological polar surface area (TPSA) is 96.5 Å². The molecule has 3 fully saturated rings. The van der Waals surface area contributed by atoms with Gasteiger partial charge in [0.2, 0.25) is 0 Å². The number of nitrogens with zero attached hydrogens (tertiary/aromatic N) is 3. The van der Waals surface area contributed by atoms with Crippen molar-refractivity contribution in [3.63, 3.8) is 0 Å². The molecular formula is C30H31F2N5O2. The first-order valence-corrected chi connectivity index (χ1v) is 13.6. The van der Waals surface area contributed by atoms with E-state index in [2.05, 4.69) is 22.1 Å². The van der Waals surface area contributed by atoms with Crippen LogP contribution in [0.15, 0.2) is 42.5 Å². The van der Waals surface area contributed by atoms with Crippen LogP contribution in [0.5, 0.6) is 11.8 Å². The zero-order chi connectivity index (χ0) is 26.9. The third-order valence-electron chi connectivity index (χ3n) is 8.67. The second-order valence-corrected chi connectivity index (χ2v) is 11.8. The largest absolute Gasteiger partial charge is 0.508 e. The Bertz CT molecular complexity index is 1620. The third-order valence-corrected chi connectivity index (χ3v) is 8.67. The summed E-state index contributed by atoms with van der Waals surface area (Å²) < 4.78 is 38.4. The van der Waals surface area contributed by atoms with E-state index in [0.29, 0.717) is 35.1 Å². The molecule has 3 aliphatic rings. The number of aromatic nitrogens is 2. The number of aromatic hydroxyl groups is 1. The van der Waals surface area contributed by atoms with Crippen LogP contribution in [0.3, 0.4) is 0 Å². The molecule has 4 aromatic rings. The number of anilines is 1. The number of halogens is 2. The SMILES string of the molecule is C[C@@]12CC[C@H](CN(c3nc(OCC4(N)CCC4)nc4c(F)c(-c5cc(O)cc6ccccc56)c(F)cc34)C1)N2. The van der Waals surface area contributed by atoms with Crippen LogP contribution in [0, 0.1) is 11.6 Å². The smallest absolute Gasteiger partial charge is 0.319 e. The number of rotatable bonds is 5. The van der Waals surface area contributed by atoms with Crippen molar-refractivity contribution < 1.29 is 18.6 Å². The summed E-state index contributed by atoms with van der Waals surface area (Å²) in [5.74, 6) is -1.17. The molecule has 7 rings (SSSR count). The molecule has 2 atom stereocenters. The summed E-state index contributed by atoms with van der Waals surface area (Å²) in [4.78, 5) is 11.2. The van der Waals surface area contributed by atoms with Crippen LogP contribution in [0.4, 0.5) is 14.6 Å². The summed E-state index contributed by atoms with van der Waals surface area (Å²) in [7, 11) is 0. The molecule has 39 heavy (non-hydrogen) atoms. The lowest BCUT2D eigenvalue weighted by molar-refractivity contribution is 0.134. The summed E-state index contributed by atoms with van der Waals surface area (Å²) in [5.41, 5.74) is 5.83. The number of nitrogens with one attached hydrogen (secondary N) is 1. The van der Waals surface area contributed by atoms with Crippen molar-refractivity contribution in [1.29, 1.82) is 0 Å². The Hall–Kier alpha value is -3.56. The Balaban J connectivity index is 1.41. The lowest BCUT2D eigenvalue weighted by atomic mass is 9.78. The van der Waals surface area contributed by atoms with E-state index in [-0.39, 0.29) is 46.6 Å². The molecule has 0 spiro atoms. The second kappa shape index (κ2) is 8.72. The molecule has 1 saturated carbocycles. The summed E-state index contributed by atoms with van der Waals surface area (Å²) in [6.07, 6.45) is 4.79. The molecule has 2 bridgehead atoms. The van der Waals surface area contributed by atoms with E-state index in [1.165, 1.54) is 12.1 Å². The van der Waals surface area contributed by atoms with Crippen LogP contribution >= 0.6 is 0 Å². The van der Waals surface area contributed by atoms with Gasteiger partial charge in [0, 0.05) is 30.1 Å². The fraction of sp³-hybridized carbons (Fsp3) is 0.400. The van der Waals surface area contributed by atoms with Gasteiger partial charge in [-0.25, -0.2) is 8.78 Å². The number of piperazine rings is 1. The van der Waals surface area contributed by atoms with Crippen molar-refractivity contribution in [3.8, 4) is 22.9 Å². The van der Waals surface area contributed by atoms with Gasteiger partial charge in [0.05, 0.1) is 11.1 Å². The monoisotopic (exact) mass is 531 g/mol. The zero-order valence-corrected chi connectivity index (χ0v) is 21.8. The number of phenolic OH excluding ortho intramolecular Hbond substituents is 1. The highest BCUT2D eigenvalue weighted by atomic mass is 19.1. The Morgan fingerprint density at radius 1 is 1.13 bits per heavy atom. The lowest BCUT2D eigenvalue weighted by Gasteiger charge is -2.40. The van der Waals surface area contributed by atoms with Crippen LogP contribution in [0.2, 0.25) is 0 Å². The van der Waals surface area contributed by atoms with Crippen LogP contribution in [0.1, 0.15) is 39.0 Å². The van der Waals surface area contributed by atoms with Crippen LogP contribution < -0.4 is 20.7 Å². The predicted molar refractivity (Wildman–Crippen MR) is 147 cm³/mol. The second-order valence-electron chi connectivity index (χ2n) is 11.8. The summed E-state index contributed by atoms with van der Waals surface area (Å²) in [6, 6.07) is 11.8. The van der Waals surface area contributed by atoms with Gasteiger partial charge in [0.1, 0.15) is 29.5 Å². The highest BCUT2D eigenvalue weighted by Gasteiger charge is 2.42. The molecule has 1 aliphatic carbocycles. The lowest BCUT2D eigenvalue weighted by Crippen LogP contribution is -2.58. The Labute approximate surface area is 225 Å². The van der Waals surface area contributed by atoms with E-state index in [1.807, 2.05) is 6.07 Å². The van der Waals surface area contributed by atoms with Crippen LogP contribution in [-0.2, 0) is 0 Å². The van der Waals surface area contributed by atoms with E-state index >= 15 is 8.78 Å². The Kier molecular flexibility index (Phi) is 5.48. The minimum Gasteiger partial charge on any atom is -0.508 e. The van der Waals surface area contributed by atoms with E-state index in [9.17, 15) is 5.11 Å². The maximum atomic E-state index is 16.5. The minimum absolute atomic E-state index is 0.0189. The van der Waals surface area contributed by atoms with E-state index in [1.54, 1.807) is 24.3 Å². The highest BCUT2D eigenvalue weighted by molar-refractivity contribution is 6.01. The van der Waals surface area contributed by atoms with Gasteiger partial charge in [-0.2, -0.15) is 9.97 Å². The van der Waals surface area contributed by atoms with Gasteiger partial charge in [0.25, 0.3) is 0 Å². The van der Waals surface area contributed by atoms with E-state index in [0.717, 1.165) is 32.1 Å². The number of benzene rings is 3. The normalized spacial score (nSPS) is 23.8. The maximum Gasteiger partial charge on any atom is 0.319 e. The molecular weight excluding hydrogens is 500 g/mol. The van der Waals surface area contributed by atoms with Crippen molar-refractivity contribution in [2.75, 3.05) is 24.6 Å². The Morgan fingerprint density at radius 2 is 1.95 bits per heavy atom.